The first-order valence-corrected chi connectivity index (χ1v) is 12.5. The molecule has 202 valence electrons. The molecule has 1 unspecified atom stereocenters. The van der Waals surface area contributed by atoms with Crippen molar-refractivity contribution in [2.24, 2.45) is 5.92 Å². The molecule has 1 aromatic heterocycles. The summed E-state index contributed by atoms with van der Waals surface area (Å²) in [6, 6.07) is 11.4. The molecule has 10 nitrogen and oxygen atoms in total. The van der Waals surface area contributed by atoms with Crippen molar-refractivity contribution in [3.63, 3.8) is 0 Å². The van der Waals surface area contributed by atoms with Crippen LogP contribution in [-0.4, -0.2) is 42.9 Å². The number of halogens is 2. The van der Waals surface area contributed by atoms with Crippen LogP contribution in [0.5, 0.6) is 11.5 Å². The molecule has 12 heteroatoms. The number of aromatic carboxylic acids is 1. The molecule has 1 N–H and O–H groups in total. The summed E-state index contributed by atoms with van der Waals surface area (Å²) in [4.78, 5) is 40.1. The molecule has 0 radical (unpaired) electrons. The van der Waals surface area contributed by atoms with E-state index in [1.165, 1.54) is 29.2 Å². The van der Waals surface area contributed by atoms with E-state index in [2.05, 4.69) is 10.4 Å². The zero-order chi connectivity index (χ0) is 27.7. The third-order valence-electron chi connectivity index (χ3n) is 6.72. The van der Waals surface area contributed by atoms with E-state index >= 15 is 0 Å². The average molecular weight is 538 g/mol. The predicted octanol–water partition coefficient (Wildman–Crippen LogP) is 5.38. The van der Waals surface area contributed by atoms with E-state index in [1.807, 2.05) is 0 Å². The molecule has 2 aromatic carbocycles. The van der Waals surface area contributed by atoms with Gasteiger partial charge in [-0.3, -0.25) is 4.90 Å². The molecule has 1 fully saturated rings. The topological polar surface area (TPSA) is 120 Å². The van der Waals surface area contributed by atoms with Gasteiger partial charge in [0.15, 0.2) is 5.75 Å². The number of amides is 1. The van der Waals surface area contributed by atoms with E-state index in [-0.39, 0.29) is 29.5 Å². The molecule has 1 amide bonds. The molecule has 3 aromatic rings. The number of ether oxygens (including phenoxy) is 1. The second-order valence-electron chi connectivity index (χ2n) is 9.53. The highest BCUT2D eigenvalue weighted by Gasteiger charge is 2.35. The van der Waals surface area contributed by atoms with Gasteiger partial charge in [0.2, 0.25) is 0 Å². The minimum Gasteiger partial charge on any atom is -0.478 e. The SMILES string of the molecule is CC1C=C(F)C(n2nnn(C(=O)N(c3ccc(C(=O)O)cc3Oc3ccccc3)C3CCCC3)c2=O)=C(F)C1. The molecule has 5 rings (SSSR count). The van der Waals surface area contributed by atoms with Crippen LogP contribution in [0.15, 0.2) is 71.1 Å². The fourth-order valence-corrected chi connectivity index (χ4v) is 4.88. The Labute approximate surface area is 221 Å². The lowest BCUT2D eigenvalue weighted by Gasteiger charge is -2.29. The maximum Gasteiger partial charge on any atom is 0.377 e. The van der Waals surface area contributed by atoms with Crippen LogP contribution in [0.2, 0.25) is 0 Å². The van der Waals surface area contributed by atoms with Crippen LogP contribution in [0.25, 0.3) is 5.70 Å². The van der Waals surface area contributed by atoms with Gasteiger partial charge in [-0.25, -0.2) is 23.2 Å². The number of carbonyl (C=O) groups excluding carboxylic acids is 1. The first-order valence-electron chi connectivity index (χ1n) is 12.5. The lowest BCUT2D eigenvalue weighted by Crippen LogP contribution is -2.46. The lowest BCUT2D eigenvalue weighted by atomic mass is 10.00. The highest BCUT2D eigenvalue weighted by Crippen LogP contribution is 2.38. The number of para-hydroxylation sites is 1. The van der Waals surface area contributed by atoms with Crippen LogP contribution < -0.4 is 15.3 Å². The van der Waals surface area contributed by atoms with Crippen LogP contribution >= 0.6 is 0 Å². The number of carboxylic acid groups (broad SMARTS) is 1. The summed E-state index contributed by atoms with van der Waals surface area (Å²) in [7, 11) is 0. The number of carbonyl (C=O) groups is 2. The van der Waals surface area contributed by atoms with Crippen molar-refractivity contribution in [3.8, 4) is 11.5 Å². The summed E-state index contributed by atoms with van der Waals surface area (Å²) in [6.07, 6.45) is 3.91. The molecule has 0 spiro atoms. The van der Waals surface area contributed by atoms with Gasteiger partial charge >= 0.3 is 17.7 Å². The van der Waals surface area contributed by atoms with Gasteiger partial charge in [0.05, 0.1) is 11.3 Å². The minimum atomic E-state index is -1.19. The number of hydrogen-bond donors (Lipinski definition) is 1. The van der Waals surface area contributed by atoms with Gasteiger partial charge in [-0.1, -0.05) is 38.0 Å². The lowest BCUT2D eigenvalue weighted by molar-refractivity contribution is 0.0696. The molecule has 1 atom stereocenters. The first-order chi connectivity index (χ1) is 18.7. The van der Waals surface area contributed by atoms with Crippen LogP contribution in [0.1, 0.15) is 49.4 Å². The first kappa shape index (κ1) is 26.0. The third-order valence-corrected chi connectivity index (χ3v) is 6.72. The summed E-state index contributed by atoms with van der Waals surface area (Å²) >= 11 is 0. The van der Waals surface area contributed by atoms with Crippen molar-refractivity contribution in [2.45, 2.75) is 45.1 Å². The zero-order valence-corrected chi connectivity index (χ0v) is 21.0. The molecule has 0 saturated heterocycles. The highest BCUT2D eigenvalue weighted by molar-refractivity contribution is 5.97. The van der Waals surface area contributed by atoms with E-state index in [1.54, 1.807) is 37.3 Å². The van der Waals surface area contributed by atoms with Gasteiger partial charge < -0.3 is 9.84 Å². The van der Waals surface area contributed by atoms with Crippen molar-refractivity contribution in [1.82, 2.24) is 19.8 Å². The van der Waals surface area contributed by atoms with Crippen LogP contribution in [0.3, 0.4) is 0 Å². The van der Waals surface area contributed by atoms with Gasteiger partial charge in [-0.2, -0.15) is 4.68 Å². The molecule has 39 heavy (non-hydrogen) atoms. The zero-order valence-electron chi connectivity index (χ0n) is 21.0. The van der Waals surface area contributed by atoms with E-state index < -0.39 is 41.0 Å². The fourth-order valence-electron chi connectivity index (χ4n) is 4.88. The average Bonchev–Trinajstić information content (AvgIpc) is 3.55. The standard InChI is InChI=1S/C27H25F2N5O5/c1-16-13-20(28)24(21(29)14-16)33-27(38)34(31-30-33)26(37)32(18-7-5-6-8-18)22-12-11-17(25(35)36)15-23(22)39-19-9-3-2-4-10-19/h2-4,9-13,15-16,18H,5-8,14H2,1H3,(H,35,36). The summed E-state index contributed by atoms with van der Waals surface area (Å²) < 4.78 is 36.2. The van der Waals surface area contributed by atoms with Crippen LogP contribution in [-0.2, 0) is 0 Å². The molecule has 1 saturated carbocycles. The monoisotopic (exact) mass is 537 g/mol. The Morgan fingerprint density at radius 3 is 2.46 bits per heavy atom. The Kier molecular flexibility index (Phi) is 7.09. The second kappa shape index (κ2) is 10.6. The summed E-state index contributed by atoms with van der Waals surface area (Å²) in [6.45, 7) is 1.63. The summed E-state index contributed by atoms with van der Waals surface area (Å²) in [5.41, 5.74) is -1.67. The number of allylic oxidation sites excluding steroid dienone is 4. The number of anilines is 1. The fraction of sp³-hybridized carbons (Fsp3) is 0.296. The van der Waals surface area contributed by atoms with E-state index in [4.69, 9.17) is 4.74 Å². The third kappa shape index (κ3) is 5.09. The number of benzene rings is 2. The van der Waals surface area contributed by atoms with Crippen molar-refractivity contribution in [2.75, 3.05) is 4.90 Å². The summed E-state index contributed by atoms with van der Waals surface area (Å²) in [5, 5.41) is 16.8. The largest absolute Gasteiger partial charge is 0.478 e. The van der Waals surface area contributed by atoms with Crippen molar-refractivity contribution >= 4 is 23.4 Å². The molecule has 1 heterocycles. The molecule has 2 aliphatic rings. The number of nitrogens with zero attached hydrogens (tertiary/aromatic N) is 5. The maximum absolute atomic E-state index is 14.7. The second-order valence-corrected chi connectivity index (χ2v) is 9.53. The molecule has 0 bridgehead atoms. The minimum absolute atomic E-state index is 0.0668. The molecular weight excluding hydrogens is 512 g/mol. The molecule has 0 aliphatic heterocycles. The Morgan fingerprint density at radius 2 is 1.79 bits per heavy atom. The van der Waals surface area contributed by atoms with Crippen LogP contribution in [0, 0.1) is 5.92 Å². The number of rotatable bonds is 6. The Hall–Kier alpha value is -4.61. The Morgan fingerprint density at radius 1 is 1.08 bits per heavy atom. The van der Waals surface area contributed by atoms with Gasteiger partial charge in [0.25, 0.3) is 0 Å². The van der Waals surface area contributed by atoms with E-state index in [0.717, 1.165) is 12.8 Å². The van der Waals surface area contributed by atoms with Crippen molar-refractivity contribution < 1.29 is 28.2 Å². The normalized spacial score (nSPS) is 17.7. The number of carboxylic acids is 1. The highest BCUT2D eigenvalue weighted by atomic mass is 19.1. The van der Waals surface area contributed by atoms with Crippen molar-refractivity contribution in [3.05, 3.63) is 82.3 Å². The van der Waals surface area contributed by atoms with E-state index in [0.29, 0.717) is 28.0 Å². The molecular formula is C27H25F2N5O5. The molecule has 2 aliphatic carbocycles. The van der Waals surface area contributed by atoms with Gasteiger partial charge in [-0.15, -0.1) is 4.68 Å². The number of aromatic nitrogens is 4. The smallest absolute Gasteiger partial charge is 0.377 e. The summed E-state index contributed by atoms with van der Waals surface area (Å²) in [5.74, 6) is -2.96. The quantitative estimate of drug-likeness (QED) is 0.419. The number of hydrogen-bond acceptors (Lipinski definition) is 6. The Bertz CT molecular complexity index is 1540. The Balaban J connectivity index is 1.59. The van der Waals surface area contributed by atoms with E-state index in [9.17, 15) is 28.3 Å². The van der Waals surface area contributed by atoms with Crippen molar-refractivity contribution in [1.29, 1.82) is 0 Å². The van der Waals surface area contributed by atoms with Gasteiger partial charge in [-0.05, 0) is 65.6 Å². The van der Waals surface area contributed by atoms with Crippen LogP contribution in [0.4, 0.5) is 19.3 Å². The number of tetrazole rings is 1. The van der Waals surface area contributed by atoms with Gasteiger partial charge in [0.1, 0.15) is 23.1 Å². The van der Waals surface area contributed by atoms with Gasteiger partial charge in [0, 0.05) is 12.5 Å². The maximum atomic E-state index is 14.7. The predicted molar refractivity (Wildman–Crippen MR) is 137 cm³/mol.